The molecule has 1 atom stereocenters. The first-order valence-corrected chi connectivity index (χ1v) is 11.8. The number of halogens is 1. The van der Waals surface area contributed by atoms with Crippen LogP contribution in [0.2, 0.25) is 0 Å². The molecule has 3 heterocycles. The highest BCUT2D eigenvalue weighted by atomic mass is 19.1. The summed E-state index contributed by atoms with van der Waals surface area (Å²) >= 11 is 0. The van der Waals surface area contributed by atoms with Gasteiger partial charge in [-0.2, -0.15) is 5.10 Å². The third kappa shape index (κ3) is 3.70. The van der Waals surface area contributed by atoms with Crippen molar-refractivity contribution in [1.29, 1.82) is 0 Å². The summed E-state index contributed by atoms with van der Waals surface area (Å²) in [6.45, 7) is 3.95. The van der Waals surface area contributed by atoms with Crippen molar-refractivity contribution in [3.8, 4) is 22.6 Å². The molecular formula is C26H27FN4O2. The molecule has 1 saturated carbocycles. The van der Waals surface area contributed by atoms with Crippen molar-refractivity contribution < 1.29 is 13.9 Å². The van der Waals surface area contributed by atoms with Gasteiger partial charge in [-0.25, -0.2) is 4.39 Å². The number of anilines is 1. The molecule has 1 saturated heterocycles. The molecule has 33 heavy (non-hydrogen) atoms. The van der Waals surface area contributed by atoms with Crippen LogP contribution in [0.1, 0.15) is 37.8 Å². The Kier molecular flexibility index (Phi) is 4.94. The van der Waals surface area contributed by atoms with E-state index in [4.69, 9.17) is 4.74 Å². The van der Waals surface area contributed by atoms with E-state index in [0.717, 1.165) is 66.9 Å². The largest absolute Gasteiger partial charge is 0.456 e. The van der Waals surface area contributed by atoms with Crippen LogP contribution in [0.5, 0.6) is 11.5 Å². The number of carbonyl (C=O) groups excluding carboxylic acids is 1. The number of nitrogens with one attached hydrogen (secondary N) is 1. The fraction of sp³-hybridized carbons (Fsp3) is 0.385. The molecule has 7 heteroatoms. The van der Waals surface area contributed by atoms with Crippen LogP contribution in [0.4, 0.5) is 10.1 Å². The second-order valence-electron chi connectivity index (χ2n) is 9.39. The van der Waals surface area contributed by atoms with Crippen molar-refractivity contribution in [3.63, 3.8) is 0 Å². The van der Waals surface area contributed by atoms with Crippen LogP contribution in [0.25, 0.3) is 11.1 Å². The van der Waals surface area contributed by atoms with Gasteiger partial charge in [-0.1, -0.05) is 0 Å². The van der Waals surface area contributed by atoms with Crippen molar-refractivity contribution in [2.45, 2.75) is 44.7 Å². The molecule has 6 rings (SSSR count). The number of rotatable bonds is 5. The van der Waals surface area contributed by atoms with E-state index in [1.165, 1.54) is 12.1 Å². The lowest BCUT2D eigenvalue weighted by Gasteiger charge is -2.36. The van der Waals surface area contributed by atoms with Crippen LogP contribution < -0.4 is 15.0 Å². The first kappa shape index (κ1) is 20.4. The predicted molar refractivity (Wildman–Crippen MR) is 124 cm³/mol. The van der Waals surface area contributed by atoms with Gasteiger partial charge in [0.25, 0.3) is 0 Å². The summed E-state index contributed by atoms with van der Waals surface area (Å²) in [7, 11) is 0. The smallest absolute Gasteiger partial charge is 0.230 e. The van der Waals surface area contributed by atoms with Crippen LogP contribution in [0.15, 0.2) is 48.8 Å². The number of nitrogens with zero attached hydrogens (tertiary/aromatic N) is 3. The SMILES string of the molecule is C[C@H]1CCc2c(ccc(-c3cnn(C4CNC4)c3)c2Oc2ccc(F)cc2)N1C(=O)C1CC1. The van der Waals surface area contributed by atoms with Gasteiger partial charge in [0, 0.05) is 47.9 Å². The van der Waals surface area contributed by atoms with E-state index in [9.17, 15) is 9.18 Å². The summed E-state index contributed by atoms with van der Waals surface area (Å²) in [6, 6.07) is 10.7. The molecule has 0 bridgehead atoms. The Labute approximate surface area is 192 Å². The molecule has 2 fully saturated rings. The third-order valence-electron chi connectivity index (χ3n) is 6.99. The van der Waals surface area contributed by atoms with E-state index in [2.05, 4.69) is 29.6 Å². The normalized spacial score (nSPS) is 20.3. The summed E-state index contributed by atoms with van der Waals surface area (Å²) in [5.74, 6) is 1.36. The average Bonchev–Trinajstić information content (AvgIpc) is 3.53. The maximum absolute atomic E-state index is 13.5. The zero-order valence-electron chi connectivity index (χ0n) is 18.6. The highest BCUT2D eigenvalue weighted by Gasteiger charge is 2.39. The van der Waals surface area contributed by atoms with Gasteiger partial charge in [0.1, 0.15) is 17.3 Å². The number of amides is 1. The lowest BCUT2D eigenvalue weighted by Crippen LogP contribution is -2.43. The molecule has 2 aliphatic heterocycles. The topological polar surface area (TPSA) is 59.4 Å². The summed E-state index contributed by atoms with van der Waals surface area (Å²) in [5, 5.41) is 7.86. The highest BCUT2D eigenvalue weighted by Crippen LogP contribution is 2.46. The van der Waals surface area contributed by atoms with E-state index in [0.29, 0.717) is 11.8 Å². The number of benzene rings is 2. The molecule has 1 aromatic heterocycles. The number of aromatic nitrogens is 2. The van der Waals surface area contributed by atoms with Crippen molar-refractivity contribution in [2.75, 3.05) is 18.0 Å². The highest BCUT2D eigenvalue weighted by molar-refractivity contribution is 5.99. The summed E-state index contributed by atoms with van der Waals surface area (Å²) in [6.07, 6.45) is 7.57. The Morgan fingerprint density at radius 2 is 1.91 bits per heavy atom. The first-order valence-electron chi connectivity index (χ1n) is 11.8. The summed E-state index contributed by atoms with van der Waals surface area (Å²) in [5.41, 5.74) is 3.87. The Morgan fingerprint density at radius 1 is 1.12 bits per heavy atom. The molecule has 3 aromatic rings. The van der Waals surface area contributed by atoms with Gasteiger partial charge in [-0.3, -0.25) is 9.48 Å². The molecule has 1 aliphatic carbocycles. The molecule has 1 amide bonds. The standard InChI is InChI=1S/C26H27FN4O2/c1-16-2-9-23-24(31(16)26(32)17-3-4-17)11-10-22(18-12-29-30(15-18)20-13-28-14-20)25(23)33-21-7-5-19(27)6-8-21/h5-8,10-12,15-17,20,28H,2-4,9,13-14H2,1H3/t16-/m0/s1. The minimum absolute atomic E-state index is 0.147. The zero-order chi connectivity index (χ0) is 22.5. The van der Waals surface area contributed by atoms with Gasteiger partial charge in [0.2, 0.25) is 5.91 Å². The molecule has 2 aromatic carbocycles. The molecule has 0 unspecified atom stereocenters. The lowest BCUT2D eigenvalue weighted by atomic mass is 9.92. The van der Waals surface area contributed by atoms with Crippen molar-refractivity contribution in [2.24, 2.45) is 5.92 Å². The first-order chi connectivity index (χ1) is 16.1. The molecule has 3 aliphatic rings. The Hall–Kier alpha value is -3.19. The number of hydrogen-bond acceptors (Lipinski definition) is 4. The van der Waals surface area contributed by atoms with E-state index in [-0.39, 0.29) is 23.7 Å². The molecular weight excluding hydrogens is 419 g/mol. The molecule has 0 spiro atoms. The fourth-order valence-corrected chi connectivity index (χ4v) is 4.77. The Morgan fingerprint density at radius 3 is 2.61 bits per heavy atom. The van der Waals surface area contributed by atoms with Crippen molar-refractivity contribution >= 4 is 11.6 Å². The minimum atomic E-state index is -0.303. The maximum atomic E-state index is 13.5. The predicted octanol–water partition coefficient (Wildman–Crippen LogP) is 4.70. The van der Waals surface area contributed by atoms with Gasteiger partial charge in [0.05, 0.1) is 17.9 Å². The Bertz CT molecular complexity index is 1200. The van der Waals surface area contributed by atoms with Crippen LogP contribution in [-0.2, 0) is 11.2 Å². The fourth-order valence-electron chi connectivity index (χ4n) is 4.77. The van der Waals surface area contributed by atoms with Crippen molar-refractivity contribution in [1.82, 2.24) is 15.1 Å². The van der Waals surface area contributed by atoms with E-state index in [1.54, 1.807) is 12.1 Å². The van der Waals surface area contributed by atoms with E-state index in [1.807, 2.05) is 21.8 Å². The van der Waals surface area contributed by atoms with Crippen molar-refractivity contribution in [3.05, 3.63) is 60.2 Å². The van der Waals surface area contributed by atoms with E-state index >= 15 is 0 Å². The number of fused-ring (bicyclic) bond motifs is 1. The van der Waals surface area contributed by atoms with Crippen LogP contribution in [0.3, 0.4) is 0 Å². The van der Waals surface area contributed by atoms with Gasteiger partial charge in [0.15, 0.2) is 0 Å². The van der Waals surface area contributed by atoms with Gasteiger partial charge < -0.3 is 15.0 Å². The van der Waals surface area contributed by atoms with Crippen LogP contribution in [0, 0.1) is 11.7 Å². The quantitative estimate of drug-likeness (QED) is 0.617. The van der Waals surface area contributed by atoms with Crippen LogP contribution in [-0.4, -0.2) is 34.8 Å². The minimum Gasteiger partial charge on any atom is -0.456 e. The number of carbonyl (C=O) groups is 1. The third-order valence-corrected chi connectivity index (χ3v) is 6.99. The van der Waals surface area contributed by atoms with E-state index < -0.39 is 0 Å². The lowest BCUT2D eigenvalue weighted by molar-refractivity contribution is -0.120. The molecule has 6 nitrogen and oxygen atoms in total. The number of hydrogen-bond donors (Lipinski definition) is 1. The summed E-state index contributed by atoms with van der Waals surface area (Å²) in [4.78, 5) is 15.1. The van der Waals surface area contributed by atoms with Crippen LogP contribution >= 0.6 is 0 Å². The monoisotopic (exact) mass is 446 g/mol. The van der Waals surface area contributed by atoms with Gasteiger partial charge in [-0.15, -0.1) is 0 Å². The zero-order valence-corrected chi connectivity index (χ0v) is 18.6. The number of ether oxygens (including phenoxy) is 1. The second kappa shape index (κ2) is 7.99. The maximum Gasteiger partial charge on any atom is 0.230 e. The Balaban J connectivity index is 1.45. The average molecular weight is 447 g/mol. The summed E-state index contributed by atoms with van der Waals surface area (Å²) < 4.78 is 21.9. The molecule has 170 valence electrons. The molecule has 1 N–H and O–H groups in total. The van der Waals surface area contributed by atoms with Gasteiger partial charge >= 0.3 is 0 Å². The van der Waals surface area contributed by atoms with Gasteiger partial charge in [-0.05, 0) is 69.0 Å². The molecule has 0 radical (unpaired) electrons. The second-order valence-corrected chi connectivity index (χ2v) is 9.39.